The van der Waals surface area contributed by atoms with Crippen molar-refractivity contribution in [2.24, 2.45) is 0 Å². The van der Waals surface area contributed by atoms with Gasteiger partial charge in [-0.05, 0) is 19.4 Å². The van der Waals surface area contributed by atoms with E-state index in [2.05, 4.69) is 17.6 Å². The zero-order chi connectivity index (χ0) is 12.3. The Hall–Kier alpha value is -0.610. The third kappa shape index (κ3) is 7.34. The summed E-state index contributed by atoms with van der Waals surface area (Å²) in [5, 5.41) is 6.22. The Morgan fingerprint density at radius 3 is 2.59 bits per heavy atom. The van der Waals surface area contributed by atoms with Crippen molar-refractivity contribution < 1.29 is 9.53 Å². The van der Waals surface area contributed by atoms with Crippen LogP contribution in [0.15, 0.2) is 0 Å². The van der Waals surface area contributed by atoms with Crippen molar-refractivity contribution in [3.05, 3.63) is 0 Å². The lowest BCUT2D eigenvalue weighted by atomic mass is 10.1. The first-order valence-corrected chi connectivity index (χ1v) is 6.90. The van der Waals surface area contributed by atoms with E-state index in [9.17, 15) is 4.79 Å². The number of carbonyl (C=O) groups excluding carboxylic acids is 1. The first-order chi connectivity index (χ1) is 8.33. The quantitative estimate of drug-likeness (QED) is 0.525. The summed E-state index contributed by atoms with van der Waals surface area (Å²) in [6, 6.07) is 0.377. The minimum Gasteiger partial charge on any atom is -0.370 e. The average Bonchev–Trinajstić information content (AvgIpc) is 2.57. The molecule has 0 radical (unpaired) electrons. The molecule has 2 N–H and O–H groups in total. The summed E-state index contributed by atoms with van der Waals surface area (Å²) >= 11 is 0. The van der Waals surface area contributed by atoms with Crippen LogP contribution in [0.5, 0.6) is 0 Å². The second kappa shape index (κ2) is 9.42. The molecule has 0 aromatic heterocycles. The van der Waals surface area contributed by atoms with Crippen molar-refractivity contribution in [2.45, 2.75) is 51.5 Å². The van der Waals surface area contributed by atoms with E-state index < -0.39 is 0 Å². The van der Waals surface area contributed by atoms with Crippen LogP contribution in [0.3, 0.4) is 0 Å². The minimum absolute atomic E-state index is 0.0356. The molecule has 0 bridgehead atoms. The maximum atomic E-state index is 11.6. The van der Waals surface area contributed by atoms with Gasteiger partial charge in [-0.1, -0.05) is 32.6 Å². The maximum Gasteiger partial charge on any atom is 0.246 e. The fourth-order valence-electron chi connectivity index (χ4n) is 2.18. The molecule has 0 unspecified atom stereocenters. The smallest absolute Gasteiger partial charge is 0.246 e. The largest absolute Gasteiger partial charge is 0.370 e. The monoisotopic (exact) mass is 242 g/mol. The highest BCUT2D eigenvalue weighted by atomic mass is 16.5. The lowest BCUT2D eigenvalue weighted by Crippen LogP contribution is -2.37. The Bertz CT molecular complexity index is 202. The molecule has 1 rings (SSSR count). The fourth-order valence-corrected chi connectivity index (χ4v) is 2.18. The molecule has 0 aliphatic heterocycles. The van der Waals surface area contributed by atoms with Crippen LogP contribution in [0, 0.1) is 0 Å². The van der Waals surface area contributed by atoms with Gasteiger partial charge in [0.05, 0.1) is 6.61 Å². The van der Waals surface area contributed by atoms with E-state index in [0.717, 1.165) is 25.9 Å². The average molecular weight is 242 g/mol. The Labute approximate surface area is 104 Å². The van der Waals surface area contributed by atoms with Gasteiger partial charge in [0.1, 0.15) is 6.61 Å². The molecule has 0 saturated heterocycles. The van der Waals surface area contributed by atoms with Crippen LogP contribution < -0.4 is 10.6 Å². The third-order valence-electron chi connectivity index (χ3n) is 3.13. The lowest BCUT2D eigenvalue weighted by molar-refractivity contribution is -0.126. The number of likely N-dealkylation sites (N-methyl/N-ethyl adjacent to an activating group) is 1. The van der Waals surface area contributed by atoms with Crippen LogP contribution >= 0.6 is 0 Å². The predicted octanol–water partition coefficient (Wildman–Crippen LogP) is 1.45. The van der Waals surface area contributed by atoms with Gasteiger partial charge in [0.2, 0.25) is 5.91 Å². The summed E-state index contributed by atoms with van der Waals surface area (Å²) in [6.45, 7) is 4.61. The van der Waals surface area contributed by atoms with Gasteiger partial charge in [-0.15, -0.1) is 0 Å². The SMILES string of the molecule is CCNCCOCC(=O)NC1CCCCCC1. The van der Waals surface area contributed by atoms with E-state index in [1.54, 1.807) is 0 Å². The van der Waals surface area contributed by atoms with Gasteiger partial charge in [-0.25, -0.2) is 0 Å². The van der Waals surface area contributed by atoms with Gasteiger partial charge in [0, 0.05) is 12.6 Å². The van der Waals surface area contributed by atoms with Gasteiger partial charge in [-0.2, -0.15) is 0 Å². The molecule has 0 aromatic carbocycles. The zero-order valence-electron chi connectivity index (χ0n) is 11.0. The molecule has 17 heavy (non-hydrogen) atoms. The second-order valence-corrected chi connectivity index (χ2v) is 4.66. The first kappa shape index (κ1) is 14.5. The first-order valence-electron chi connectivity index (χ1n) is 6.90. The van der Waals surface area contributed by atoms with E-state index in [4.69, 9.17) is 4.74 Å². The normalized spacial score (nSPS) is 17.7. The molecule has 1 aliphatic carbocycles. The zero-order valence-corrected chi connectivity index (χ0v) is 11.0. The van der Waals surface area contributed by atoms with Crippen molar-refractivity contribution in [1.29, 1.82) is 0 Å². The summed E-state index contributed by atoms with van der Waals surface area (Å²) in [7, 11) is 0. The highest BCUT2D eigenvalue weighted by Gasteiger charge is 2.14. The number of amides is 1. The molecular weight excluding hydrogens is 216 g/mol. The Balaban J connectivity index is 2.03. The summed E-state index contributed by atoms with van der Waals surface area (Å²) in [5.41, 5.74) is 0. The van der Waals surface area contributed by atoms with Crippen LogP contribution in [-0.2, 0) is 9.53 Å². The molecule has 0 heterocycles. The molecule has 1 fully saturated rings. The molecule has 0 aromatic rings. The summed E-state index contributed by atoms with van der Waals surface area (Å²) < 4.78 is 5.30. The van der Waals surface area contributed by atoms with Crippen molar-refractivity contribution in [1.82, 2.24) is 10.6 Å². The van der Waals surface area contributed by atoms with E-state index in [1.807, 2.05) is 0 Å². The van der Waals surface area contributed by atoms with E-state index in [1.165, 1.54) is 25.7 Å². The molecule has 4 nitrogen and oxygen atoms in total. The lowest BCUT2D eigenvalue weighted by Gasteiger charge is -2.16. The second-order valence-electron chi connectivity index (χ2n) is 4.66. The number of rotatable bonds is 7. The van der Waals surface area contributed by atoms with Crippen molar-refractivity contribution in [2.75, 3.05) is 26.3 Å². The van der Waals surface area contributed by atoms with E-state index >= 15 is 0 Å². The van der Waals surface area contributed by atoms with Gasteiger partial charge in [0.15, 0.2) is 0 Å². The summed E-state index contributed by atoms with van der Waals surface area (Å²) in [4.78, 5) is 11.6. The number of nitrogens with one attached hydrogen (secondary N) is 2. The van der Waals surface area contributed by atoms with Crippen LogP contribution in [0.25, 0.3) is 0 Å². The minimum atomic E-state index is 0.0356. The Kier molecular flexibility index (Phi) is 8.01. The number of hydrogen-bond acceptors (Lipinski definition) is 3. The Morgan fingerprint density at radius 2 is 1.94 bits per heavy atom. The molecule has 100 valence electrons. The highest BCUT2D eigenvalue weighted by Crippen LogP contribution is 2.16. The van der Waals surface area contributed by atoms with Gasteiger partial charge < -0.3 is 15.4 Å². The topological polar surface area (TPSA) is 50.4 Å². The predicted molar refractivity (Wildman–Crippen MR) is 69.0 cm³/mol. The van der Waals surface area contributed by atoms with Gasteiger partial charge in [-0.3, -0.25) is 4.79 Å². The van der Waals surface area contributed by atoms with Crippen molar-refractivity contribution in [3.8, 4) is 0 Å². The molecule has 1 saturated carbocycles. The Morgan fingerprint density at radius 1 is 1.24 bits per heavy atom. The van der Waals surface area contributed by atoms with Crippen LogP contribution in [0.2, 0.25) is 0 Å². The molecule has 1 amide bonds. The molecule has 1 aliphatic rings. The maximum absolute atomic E-state index is 11.6. The van der Waals surface area contributed by atoms with E-state index in [0.29, 0.717) is 12.6 Å². The third-order valence-corrected chi connectivity index (χ3v) is 3.13. The summed E-state index contributed by atoms with van der Waals surface area (Å²) in [6.07, 6.45) is 7.36. The van der Waals surface area contributed by atoms with Crippen LogP contribution in [0.1, 0.15) is 45.4 Å². The van der Waals surface area contributed by atoms with Crippen LogP contribution in [-0.4, -0.2) is 38.3 Å². The van der Waals surface area contributed by atoms with Gasteiger partial charge in [0.25, 0.3) is 0 Å². The molecule has 0 atom stereocenters. The standard InChI is InChI=1S/C13H26N2O2/c1-2-14-9-10-17-11-13(16)15-12-7-5-3-4-6-8-12/h12,14H,2-11H2,1H3,(H,15,16). The summed E-state index contributed by atoms with van der Waals surface area (Å²) in [5.74, 6) is 0.0356. The number of ether oxygens (including phenoxy) is 1. The number of carbonyl (C=O) groups is 1. The number of hydrogen-bond donors (Lipinski definition) is 2. The highest BCUT2D eigenvalue weighted by molar-refractivity contribution is 5.77. The van der Waals surface area contributed by atoms with E-state index in [-0.39, 0.29) is 12.5 Å². The van der Waals surface area contributed by atoms with Gasteiger partial charge >= 0.3 is 0 Å². The van der Waals surface area contributed by atoms with Crippen LogP contribution in [0.4, 0.5) is 0 Å². The molecule has 4 heteroatoms. The molecule has 0 spiro atoms. The molecular formula is C13H26N2O2. The van der Waals surface area contributed by atoms with Crippen molar-refractivity contribution in [3.63, 3.8) is 0 Å². The fraction of sp³-hybridized carbons (Fsp3) is 0.923. The van der Waals surface area contributed by atoms with Crippen molar-refractivity contribution >= 4 is 5.91 Å².